The zero-order valence-electron chi connectivity index (χ0n) is 17.6. The van der Waals surface area contributed by atoms with Crippen molar-refractivity contribution in [1.29, 1.82) is 0 Å². The molecule has 8 nitrogen and oxygen atoms in total. The van der Waals surface area contributed by atoms with Gasteiger partial charge in [0, 0.05) is 16.5 Å². The van der Waals surface area contributed by atoms with E-state index in [-0.39, 0.29) is 0 Å². The molecular weight excluding hydrogens is 424 g/mol. The number of pyridine rings is 1. The van der Waals surface area contributed by atoms with Crippen LogP contribution in [-0.4, -0.2) is 62.7 Å². The topological polar surface area (TPSA) is 124 Å². The Kier molecular flexibility index (Phi) is 5.84. The molecule has 3 aromatic carbocycles. The second-order valence-electron chi connectivity index (χ2n) is 7.99. The van der Waals surface area contributed by atoms with Gasteiger partial charge in [-0.2, -0.15) is 0 Å². The third-order valence-corrected chi connectivity index (χ3v) is 5.81. The van der Waals surface area contributed by atoms with Gasteiger partial charge in [-0.05, 0) is 36.4 Å². The molecule has 33 heavy (non-hydrogen) atoms. The SMILES string of the molecule is OC[C@@H]1O[C@H](Oc2ccc(Nc3c4ccccc4nc4ccccc34)cc2)[C@@H](O)[C@H](O)[C@H]1O. The second-order valence-corrected chi connectivity index (χ2v) is 7.99. The normalized spacial score (nSPS) is 25.3. The molecule has 5 N–H and O–H groups in total. The van der Waals surface area contributed by atoms with Crippen LogP contribution in [0.1, 0.15) is 0 Å². The molecule has 2 heterocycles. The van der Waals surface area contributed by atoms with Crippen molar-refractivity contribution in [2.24, 2.45) is 0 Å². The average Bonchev–Trinajstić information content (AvgIpc) is 2.85. The van der Waals surface area contributed by atoms with Gasteiger partial charge in [-0.1, -0.05) is 36.4 Å². The van der Waals surface area contributed by atoms with Gasteiger partial charge in [-0.25, -0.2) is 4.98 Å². The third-order valence-electron chi connectivity index (χ3n) is 5.81. The number of hydrogen-bond acceptors (Lipinski definition) is 8. The van der Waals surface area contributed by atoms with Gasteiger partial charge in [-0.3, -0.25) is 0 Å². The highest BCUT2D eigenvalue weighted by molar-refractivity contribution is 6.08. The number of rotatable bonds is 5. The van der Waals surface area contributed by atoms with Crippen molar-refractivity contribution in [1.82, 2.24) is 4.98 Å². The highest BCUT2D eigenvalue weighted by atomic mass is 16.7. The zero-order valence-corrected chi connectivity index (χ0v) is 17.6. The van der Waals surface area contributed by atoms with Crippen molar-refractivity contribution in [3.8, 4) is 5.75 Å². The molecule has 5 atom stereocenters. The predicted molar refractivity (Wildman–Crippen MR) is 123 cm³/mol. The third kappa shape index (κ3) is 4.10. The van der Waals surface area contributed by atoms with Crippen LogP contribution in [0.5, 0.6) is 5.75 Å². The molecule has 0 saturated carbocycles. The maximum Gasteiger partial charge on any atom is 0.229 e. The first-order valence-corrected chi connectivity index (χ1v) is 10.7. The van der Waals surface area contributed by atoms with E-state index in [1.807, 2.05) is 60.7 Å². The van der Waals surface area contributed by atoms with Crippen LogP contribution in [0, 0.1) is 0 Å². The Morgan fingerprint density at radius 1 is 0.788 bits per heavy atom. The Bertz CT molecular complexity index is 1210. The number of nitrogens with zero attached hydrogens (tertiary/aromatic N) is 1. The predicted octanol–water partition coefficient (Wildman–Crippen LogP) is 2.31. The van der Waals surface area contributed by atoms with Crippen molar-refractivity contribution in [3.05, 3.63) is 72.8 Å². The summed E-state index contributed by atoms with van der Waals surface area (Å²) in [7, 11) is 0. The van der Waals surface area contributed by atoms with E-state index in [4.69, 9.17) is 14.5 Å². The molecule has 0 spiro atoms. The smallest absolute Gasteiger partial charge is 0.229 e. The summed E-state index contributed by atoms with van der Waals surface area (Å²) >= 11 is 0. The number of anilines is 2. The van der Waals surface area contributed by atoms with Crippen LogP contribution in [0.2, 0.25) is 0 Å². The Labute approximate surface area is 189 Å². The molecule has 0 unspecified atom stereocenters. The fourth-order valence-corrected chi connectivity index (χ4v) is 4.03. The summed E-state index contributed by atoms with van der Waals surface area (Å²) in [5, 5.41) is 44.8. The molecule has 1 fully saturated rings. The van der Waals surface area contributed by atoms with E-state index < -0.39 is 37.3 Å². The van der Waals surface area contributed by atoms with Crippen LogP contribution in [0.25, 0.3) is 21.8 Å². The minimum absolute atomic E-state index is 0.398. The Hall–Kier alpha value is -3.27. The summed E-state index contributed by atoms with van der Waals surface area (Å²) in [5.41, 5.74) is 3.54. The molecule has 5 rings (SSSR count). The quantitative estimate of drug-likeness (QED) is 0.295. The highest BCUT2D eigenvalue weighted by Gasteiger charge is 2.44. The molecular formula is C25H24N2O6. The van der Waals surface area contributed by atoms with E-state index in [0.29, 0.717) is 5.75 Å². The number of nitrogens with one attached hydrogen (secondary N) is 1. The molecule has 0 aliphatic carbocycles. The lowest BCUT2D eigenvalue weighted by Crippen LogP contribution is -2.60. The summed E-state index contributed by atoms with van der Waals surface area (Å²) in [4.78, 5) is 4.74. The lowest BCUT2D eigenvalue weighted by molar-refractivity contribution is -0.277. The van der Waals surface area contributed by atoms with Gasteiger partial charge in [-0.15, -0.1) is 0 Å². The Morgan fingerprint density at radius 3 is 2.00 bits per heavy atom. The maximum atomic E-state index is 10.2. The largest absolute Gasteiger partial charge is 0.462 e. The van der Waals surface area contributed by atoms with Crippen molar-refractivity contribution in [3.63, 3.8) is 0 Å². The summed E-state index contributed by atoms with van der Waals surface area (Å²) in [6.07, 6.45) is -6.64. The van der Waals surface area contributed by atoms with E-state index in [1.54, 1.807) is 12.1 Å². The number of benzene rings is 3. The minimum atomic E-state index is -1.49. The second kappa shape index (κ2) is 8.93. The number of ether oxygens (including phenoxy) is 2. The number of para-hydroxylation sites is 2. The molecule has 4 aromatic rings. The van der Waals surface area contributed by atoms with Crippen LogP contribution < -0.4 is 10.1 Å². The molecule has 170 valence electrons. The van der Waals surface area contributed by atoms with Crippen LogP contribution >= 0.6 is 0 Å². The molecule has 1 aliphatic rings. The maximum absolute atomic E-state index is 10.2. The van der Waals surface area contributed by atoms with Gasteiger partial charge in [0.1, 0.15) is 30.2 Å². The van der Waals surface area contributed by atoms with Crippen molar-refractivity contribution < 1.29 is 29.9 Å². The summed E-state index contributed by atoms with van der Waals surface area (Å²) in [6.45, 7) is -0.512. The fourth-order valence-electron chi connectivity index (χ4n) is 4.03. The van der Waals surface area contributed by atoms with E-state index in [2.05, 4.69) is 5.32 Å². The van der Waals surface area contributed by atoms with Gasteiger partial charge in [0.2, 0.25) is 6.29 Å². The van der Waals surface area contributed by atoms with E-state index in [1.165, 1.54) is 0 Å². The van der Waals surface area contributed by atoms with Crippen LogP contribution in [-0.2, 0) is 4.74 Å². The van der Waals surface area contributed by atoms with E-state index in [9.17, 15) is 20.4 Å². The van der Waals surface area contributed by atoms with Crippen LogP contribution in [0.4, 0.5) is 11.4 Å². The summed E-state index contributed by atoms with van der Waals surface area (Å²) < 4.78 is 11.1. The van der Waals surface area contributed by atoms with E-state index >= 15 is 0 Å². The van der Waals surface area contributed by atoms with Crippen molar-refractivity contribution >= 4 is 33.2 Å². The number of hydrogen-bond donors (Lipinski definition) is 5. The summed E-state index contributed by atoms with van der Waals surface area (Å²) in [6, 6.07) is 22.9. The van der Waals surface area contributed by atoms with Gasteiger partial charge < -0.3 is 35.2 Å². The lowest BCUT2D eigenvalue weighted by Gasteiger charge is -2.39. The van der Waals surface area contributed by atoms with Gasteiger partial charge in [0.05, 0.1) is 23.3 Å². The van der Waals surface area contributed by atoms with Crippen LogP contribution in [0.3, 0.4) is 0 Å². The standard InChI is InChI=1S/C25H24N2O6/c28-13-20-22(29)23(30)24(31)25(33-20)32-15-11-9-14(10-12-15)26-21-16-5-1-3-7-18(16)27-19-8-4-2-6-17(19)21/h1-12,20,22-25,28-31H,13H2,(H,26,27)/t20-,22-,23+,24-,25-/m0/s1. The average molecular weight is 448 g/mol. The monoisotopic (exact) mass is 448 g/mol. The first-order valence-electron chi connectivity index (χ1n) is 10.7. The van der Waals surface area contributed by atoms with Gasteiger partial charge in [0.25, 0.3) is 0 Å². The van der Waals surface area contributed by atoms with Gasteiger partial charge in [0.15, 0.2) is 0 Å². The number of aliphatic hydroxyl groups excluding tert-OH is 4. The molecule has 8 heteroatoms. The Balaban J connectivity index is 1.39. The first-order chi connectivity index (χ1) is 16.0. The van der Waals surface area contributed by atoms with Crippen molar-refractivity contribution in [2.45, 2.75) is 30.7 Å². The number of aliphatic hydroxyl groups is 4. The molecule has 0 radical (unpaired) electrons. The van der Waals surface area contributed by atoms with Gasteiger partial charge >= 0.3 is 0 Å². The first kappa shape index (κ1) is 21.6. The fraction of sp³-hybridized carbons (Fsp3) is 0.240. The van der Waals surface area contributed by atoms with E-state index in [0.717, 1.165) is 33.2 Å². The number of aromatic nitrogens is 1. The minimum Gasteiger partial charge on any atom is -0.462 e. The van der Waals surface area contributed by atoms with Crippen LogP contribution in [0.15, 0.2) is 72.8 Å². The molecule has 1 saturated heterocycles. The number of fused-ring (bicyclic) bond motifs is 2. The molecule has 0 bridgehead atoms. The highest BCUT2D eigenvalue weighted by Crippen LogP contribution is 2.33. The Morgan fingerprint density at radius 2 is 1.39 bits per heavy atom. The molecule has 1 aliphatic heterocycles. The summed E-state index contributed by atoms with van der Waals surface area (Å²) in [5.74, 6) is 0.398. The molecule has 1 aromatic heterocycles. The lowest BCUT2D eigenvalue weighted by atomic mass is 9.99. The van der Waals surface area contributed by atoms with Crippen molar-refractivity contribution in [2.75, 3.05) is 11.9 Å². The molecule has 0 amide bonds. The zero-order chi connectivity index (χ0) is 22.9.